The third-order valence-corrected chi connectivity index (χ3v) is 3.90. The van der Waals surface area contributed by atoms with E-state index < -0.39 is 0 Å². The van der Waals surface area contributed by atoms with Gasteiger partial charge in [0.1, 0.15) is 0 Å². The quantitative estimate of drug-likeness (QED) is 0.508. The molecule has 0 radical (unpaired) electrons. The molecule has 7 heteroatoms. The minimum absolute atomic E-state index is 0.0619. The van der Waals surface area contributed by atoms with Crippen molar-refractivity contribution in [1.82, 2.24) is 20.4 Å². The van der Waals surface area contributed by atoms with Crippen molar-refractivity contribution in [2.45, 2.75) is 26.2 Å². The Bertz CT molecular complexity index is 344. The molecule has 1 saturated heterocycles. The Morgan fingerprint density at radius 2 is 1.39 bits per heavy atom. The second-order valence-corrected chi connectivity index (χ2v) is 5.95. The molecule has 0 saturated carbocycles. The van der Waals surface area contributed by atoms with Crippen LogP contribution in [0.1, 0.15) is 26.2 Å². The molecule has 0 aromatic heterocycles. The maximum Gasteiger partial charge on any atom is 0.234 e. The zero-order valence-electron chi connectivity index (χ0n) is 14.6. The summed E-state index contributed by atoms with van der Waals surface area (Å²) in [6.07, 6.45) is 2.95. The Morgan fingerprint density at radius 1 is 0.913 bits per heavy atom. The minimum Gasteiger partial charge on any atom is -0.385 e. The first-order chi connectivity index (χ1) is 11.2. The number of unbranched alkanes of at least 4 members (excludes halogenated alkanes) is 1. The highest BCUT2D eigenvalue weighted by Crippen LogP contribution is 2.01. The molecule has 0 bridgehead atoms. The van der Waals surface area contributed by atoms with Gasteiger partial charge in [-0.25, -0.2) is 0 Å². The summed E-state index contributed by atoms with van der Waals surface area (Å²) in [5, 5.41) is 5.84. The Balaban J connectivity index is 2.10. The Hall–Kier alpha value is -1.18. The number of nitrogens with zero attached hydrogens (tertiary/aromatic N) is 2. The van der Waals surface area contributed by atoms with Crippen molar-refractivity contribution in [1.29, 1.82) is 0 Å². The lowest BCUT2D eigenvalue weighted by Crippen LogP contribution is -2.51. The molecule has 134 valence electrons. The summed E-state index contributed by atoms with van der Waals surface area (Å²) in [5.41, 5.74) is 0. The van der Waals surface area contributed by atoms with Crippen molar-refractivity contribution in [2.24, 2.45) is 0 Å². The van der Waals surface area contributed by atoms with Crippen LogP contribution in [-0.4, -0.2) is 87.7 Å². The summed E-state index contributed by atoms with van der Waals surface area (Å²) in [6.45, 7) is 8.41. The van der Waals surface area contributed by atoms with E-state index in [4.69, 9.17) is 4.74 Å². The van der Waals surface area contributed by atoms with E-state index in [0.29, 0.717) is 26.2 Å². The Labute approximate surface area is 139 Å². The number of carbonyl (C=O) groups is 2. The van der Waals surface area contributed by atoms with Crippen LogP contribution in [0.3, 0.4) is 0 Å². The van der Waals surface area contributed by atoms with E-state index >= 15 is 0 Å². The van der Waals surface area contributed by atoms with Gasteiger partial charge in [-0.1, -0.05) is 13.3 Å². The van der Waals surface area contributed by atoms with E-state index in [9.17, 15) is 9.59 Å². The van der Waals surface area contributed by atoms with Crippen LogP contribution in [-0.2, 0) is 14.3 Å². The summed E-state index contributed by atoms with van der Waals surface area (Å²) >= 11 is 0. The summed E-state index contributed by atoms with van der Waals surface area (Å²) in [5.74, 6) is 0.162. The maximum absolute atomic E-state index is 11.8. The SMILES string of the molecule is CCCCNC(=O)CN1CCN(CC(=O)NCCCOC)CC1. The molecule has 0 atom stereocenters. The predicted molar refractivity (Wildman–Crippen MR) is 90.3 cm³/mol. The van der Waals surface area contributed by atoms with E-state index in [1.807, 2.05) is 0 Å². The fourth-order valence-electron chi connectivity index (χ4n) is 2.47. The molecule has 1 aliphatic heterocycles. The van der Waals surface area contributed by atoms with Crippen molar-refractivity contribution >= 4 is 11.8 Å². The van der Waals surface area contributed by atoms with Gasteiger partial charge in [0.15, 0.2) is 0 Å². The van der Waals surface area contributed by atoms with E-state index in [1.54, 1.807) is 7.11 Å². The predicted octanol–water partition coefficient (Wildman–Crippen LogP) is -0.327. The second-order valence-electron chi connectivity index (χ2n) is 5.95. The molecule has 0 aromatic carbocycles. The van der Waals surface area contributed by atoms with Crippen LogP contribution in [0, 0.1) is 0 Å². The summed E-state index contributed by atoms with van der Waals surface area (Å²) < 4.78 is 4.95. The largest absolute Gasteiger partial charge is 0.385 e. The second kappa shape index (κ2) is 12.3. The van der Waals surface area contributed by atoms with Gasteiger partial charge < -0.3 is 15.4 Å². The first-order valence-corrected chi connectivity index (χ1v) is 8.62. The Kier molecular flexibility index (Phi) is 10.6. The highest BCUT2D eigenvalue weighted by molar-refractivity contribution is 5.78. The molecular formula is C16H32N4O3. The monoisotopic (exact) mass is 328 g/mol. The Morgan fingerprint density at radius 3 is 1.83 bits per heavy atom. The standard InChI is InChI=1S/C16H32N4O3/c1-3-4-6-17-15(21)13-19-8-10-20(11-9-19)14-16(22)18-7-5-12-23-2/h3-14H2,1-2H3,(H,17,21)(H,18,22). The molecule has 1 heterocycles. The molecule has 1 rings (SSSR count). The molecule has 23 heavy (non-hydrogen) atoms. The van der Waals surface area contributed by atoms with Crippen molar-refractivity contribution in [3.8, 4) is 0 Å². The number of piperazine rings is 1. The normalized spacial score (nSPS) is 16.3. The van der Waals surface area contributed by atoms with Gasteiger partial charge in [-0.05, 0) is 12.8 Å². The van der Waals surface area contributed by atoms with Gasteiger partial charge in [0.05, 0.1) is 13.1 Å². The van der Waals surface area contributed by atoms with Crippen molar-refractivity contribution in [3.63, 3.8) is 0 Å². The fraction of sp³-hybridized carbons (Fsp3) is 0.875. The van der Waals surface area contributed by atoms with E-state index in [2.05, 4.69) is 27.4 Å². The molecule has 1 fully saturated rings. The number of amides is 2. The molecule has 1 aliphatic rings. The lowest BCUT2D eigenvalue weighted by molar-refractivity contribution is -0.125. The summed E-state index contributed by atoms with van der Waals surface area (Å²) in [6, 6.07) is 0. The van der Waals surface area contributed by atoms with Crippen LogP contribution in [0.15, 0.2) is 0 Å². The fourth-order valence-corrected chi connectivity index (χ4v) is 2.47. The zero-order valence-corrected chi connectivity index (χ0v) is 14.6. The molecule has 0 spiro atoms. The van der Waals surface area contributed by atoms with Crippen LogP contribution in [0.25, 0.3) is 0 Å². The van der Waals surface area contributed by atoms with Crippen LogP contribution >= 0.6 is 0 Å². The number of rotatable bonds is 11. The van der Waals surface area contributed by atoms with Gasteiger partial charge in [-0.3, -0.25) is 19.4 Å². The third kappa shape index (κ3) is 9.53. The minimum atomic E-state index is 0.0619. The molecule has 2 amide bonds. The average Bonchev–Trinajstić information content (AvgIpc) is 2.54. The number of hydrogen-bond acceptors (Lipinski definition) is 5. The summed E-state index contributed by atoms with van der Waals surface area (Å²) in [7, 11) is 1.66. The highest BCUT2D eigenvalue weighted by Gasteiger charge is 2.20. The number of carbonyl (C=O) groups excluding carboxylic acids is 2. The topological polar surface area (TPSA) is 73.9 Å². The summed E-state index contributed by atoms with van der Waals surface area (Å²) in [4.78, 5) is 27.9. The van der Waals surface area contributed by atoms with Gasteiger partial charge in [0.25, 0.3) is 0 Å². The van der Waals surface area contributed by atoms with E-state index in [1.165, 1.54) is 0 Å². The first kappa shape index (κ1) is 19.9. The van der Waals surface area contributed by atoms with E-state index in [0.717, 1.165) is 52.0 Å². The van der Waals surface area contributed by atoms with Crippen LogP contribution in [0.2, 0.25) is 0 Å². The number of methoxy groups -OCH3 is 1. The molecule has 7 nitrogen and oxygen atoms in total. The van der Waals surface area contributed by atoms with Crippen LogP contribution in [0.4, 0.5) is 0 Å². The van der Waals surface area contributed by atoms with Gasteiger partial charge in [0.2, 0.25) is 11.8 Å². The third-order valence-electron chi connectivity index (χ3n) is 3.90. The smallest absolute Gasteiger partial charge is 0.234 e. The van der Waals surface area contributed by atoms with Crippen LogP contribution in [0.5, 0.6) is 0 Å². The van der Waals surface area contributed by atoms with E-state index in [-0.39, 0.29) is 11.8 Å². The molecule has 0 aromatic rings. The van der Waals surface area contributed by atoms with Gasteiger partial charge in [-0.2, -0.15) is 0 Å². The van der Waals surface area contributed by atoms with Crippen molar-refractivity contribution in [2.75, 3.05) is 66.1 Å². The lowest BCUT2D eigenvalue weighted by Gasteiger charge is -2.33. The van der Waals surface area contributed by atoms with Gasteiger partial charge >= 0.3 is 0 Å². The van der Waals surface area contributed by atoms with Crippen molar-refractivity contribution in [3.05, 3.63) is 0 Å². The first-order valence-electron chi connectivity index (χ1n) is 8.62. The molecule has 0 unspecified atom stereocenters. The lowest BCUT2D eigenvalue weighted by atomic mass is 10.3. The molecular weight excluding hydrogens is 296 g/mol. The molecule has 0 aliphatic carbocycles. The zero-order chi connectivity index (χ0) is 16.9. The van der Waals surface area contributed by atoms with Crippen LogP contribution < -0.4 is 10.6 Å². The highest BCUT2D eigenvalue weighted by atomic mass is 16.5. The van der Waals surface area contributed by atoms with Gasteiger partial charge in [0, 0.05) is 53.0 Å². The van der Waals surface area contributed by atoms with Gasteiger partial charge in [-0.15, -0.1) is 0 Å². The number of ether oxygens (including phenoxy) is 1. The average molecular weight is 328 g/mol. The maximum atomic E-state index is 11.8. The van der Waals surface area contributed by atoms with Crippen molar-refractivity contribution < 1.29 is 14.3 Å². The molecule has 2 N–H and O–H groups in total. The number of nitrogens with one attached hydrogen (secondary N) is 2. The number of hydrogen-bond donors (Lipinski definition) is 2.